The Morgan fingerprint density at radius 1 is 1.02 bits per heavy atom. The van der Waals surface area contributed by atoms with Crippen LogP contribution in [0.2, 0.25) is 0 Å². The van der Waals surface area contributed by atoms with Crippen LogP contribution in [0.25, 0.3) is 11.2 Å². The van der Waals surface area contributed by atoms with Crippen LogP contribution in [0.5, 0.6) is 0 Å². The molecule has 2 aliphatic rings. The number of H-pyrrole nitrogens is 1. The monoisotopic (exact) mass is 548 g/mol. The van der Waals surface area contributed by atoms with Gasteiger partial charge in [-0.25, -0.2) is 23.4 Å². The molecular weight excluding hydrogens is 522 g/mol. The molecule has 0 spiro atoms. The average Bonchev–Trinajstić information content (AvgIpc) is 3.23. The molecule has 40 heavy (non-hydrogen) atoms. The van der Waals surface area contributed by atoms with E-state index in [0.717, 1.165) is 11.6 Å². The number of imidazole rings is 1. The molecular formula is C28H26F2N6O4. The van der Waals surface area contributed by atoms with Gasteiger partial charge in [-0.1, -0.05) is 17.3 Å². The molecule has 206 valence electrons. The third-order valence-electron chi connectivity index (χ3n) is 7.75. The number of carbonyl (C=O) groups is 1. The molecule has 1 amide bonds. The normalized spacial score (nSPS) is 20.9. The highest BCUT2D eigenvalue weighted by atomic mass is 19.2. The van der Waals surface area contributed by atoms with E-state index in [4.69, 9.17) is 4.74 Å². The van der Waals surface area contributed by atoms with Gasteiger partial charge in [-0.15, -0.1) is 0 Å². The second kappa shape index (κ2) is 10.5. The van der Waals surface area contributed by atoms with Crippen molar-refractivity contribution in [1.82, 2.24) is 24.4 Å². The Morgan fingerprint density at radius 2 is 1.80 bits per heavy atom. The Balaban J connectivity index is 1.20. The third kappa shape index (κ3) is 4.48. The fourth-order valence-corrected chi connectivity index (χ4v) is 5.82. The first-order valence-corrected chi connectivity index (χ1v) is 13.1. The van der Waals surface area contributed by atoms with Crippen molar-refractivity contribution in [3.8, 4) is 0 Å². The first-order valence-electron chi connectivity index (χ1n) is 13.1. The second-order valence-electron chi connectivity index (χ2n) is 9.96. The van der Waals surface area contributed by atoms with E-state index in [2.05, 4.69) is 20.1 Å². The number of piperidine rings is 1. The molecule has 4 heterocycles. The summed E-state index contributed by atoms with van der Waals surface area (Å²) in [7, 11) is 0. The molecule has 0 saturated carbocycles. The maximum Gasteiger partial charge on any atom is 0.410 e. The van der Waals surface area contributed by atoms with Gasteiger partial charge in [-0.3, -0.25) is 14.5 Å². The zero-order valence-corrected chi connectivity index (χ0v) is 21.3. The van der Waals surface area contributed by atoms with Gasteiger partial charge < -0.3 is 14.8 Å². The summed E-state index contributed by atoms with van der Waals surface area (Å²) in [5.41, 5.74) is 1.98. The van der Waals surface area contributed by atoms with Gasteiger partial charge in [0.25, 0.3) is 0 Å². The molecule has 1 fully saturated rings. The largest absolute Gasteiger partial charge is 0.440 e. The van der Waals surface area contributed by atoms with Crippen LogP contribution in [0.3, 0.4) is 0 Å². The minimum atomic E-state index is -1.01. The number of ether oxygens (including phenoxy) is 1. The van der Waals surface area contributed by atoms with Crippen molar-refractivity contribution in [2.45, 2.75) is 43.7 Å². The lowest BCUT2D eigenvalue weighted by Crippen LogP contribution is -2.41. The number of halogens is 2. The molecule has 1 aliphatic heterocycles. The number of fused-ring (bicyclic) bond motifs is 2. The fourth-order valence-electron chi connectivity index (χ4n) is 5.82. The van der Waals surface area contributed by atoms with Crippen LogP contribution in [0.15, 0.2) is 64.8 Å². The maximum atomic E-state index is 14.8. The average molecular weight is 549 g/mol. The van der Waals surface area contributed by atoms with Crippen molar-refractivity contribution in [3.63, 3.8) is 0 Å². The van der Waals surface area contributed by atoms with Crippen molar-refractivity contribution in [2.24, 2.45) is 5.16 Å². The number of pyridine rings is 2. The lowest BCUT2D eigenvalue weighted by molar-refractivity contribution is 0.0473. The van der Waals surface area contributed by atoms with Gasteiger partial charge in [0.05, 0.1) is 16.9 Å². The molecule has 2 atom stereocenters. The molecule has 0 bridgehead atoms. The number of rotatable bonds is 3. The minimum absolute atomic E-state index is 0.0550. The quantitative estimate of drug-likeness (QED) is 0.218. The van der Waals surface area contributed by atoms with Crippen molar-refractivity contribution in [1.29, 1.82) is 0 Å². The van der Waals surface area contributed by atoms with Gasteiger partial charge in [0, 0.05) is 48.6 Å². The number of aromatic nitrogens is 4. The first-order chi connectivity index (χ1) is 19.5. The Bertz CT molecular complexity index is 1660. The van der Waals surface area contributed by atoms with E-state index < -0.39 is 29.7 Å². The molecule has 0 radical (unpaired) electrons. The van der Waals surface area contributed by atoms with Crippen molar-refractivity contribution in [3.05, 3.63) is 93.8 Å². The molecule has 0 unspecified atom stereocenters. The van der Waals surface area contributed by atoms with Crippen LogP contribution in [0.1, 0.15) is 60.6 Å². The molecule has 1 saturated heterocycles. The Morgan fingerprint density at radius 3 is 2.60 bits per heavy atom. The van der Waals surface area contributed by atoms with E-state index in [1.807, 2.05) is 6.07 Å². The summed E-state index contributed by atoms with van der Waals surface area (Å²) in [6.45, 7) is 0.760. The van der Waals surface area contributed by atoms with Crippen molar-refractivity contribution < 1.29 is 23.5 Å². The number of hydrogen-bond donors (Lipinski definition) is 2. The zero-order valence-electron chi connectivity index (χ0n) is 21.3. The molecule has 6 rings (SSSR count). The Labute approximate surface area is 226 Å². The Kier molecular flexibility index (Phi) is 6.74. The summed E-state index contributed by atoms with van der Waals surface area (Å²) >= 11 is 0. The van der Waals surface area contributed by atoms with Crippen LogP contribution in [-0.2, 0) is 4.74 Å². The number of benzene rings is 1. The highest BCUT2D eigenvalue weighted by molar-refractivity contribution is 6.06. The van der Waals surface area contributed by atoms with Gasteiger partial charge in [-0.05, 0) is 56.0 Å². The van der Waals surface area contributed by atoms with E-state index in [1.165, 1.54) is 18.3 Å². The van der Waals surface area contributed by atoms with Gasteiger partial charge in [0.15, 0.2) is 17.3 Å². The predicted molar refractivity (Wildman–Crippen MR) is 140 cm³/mol. The van der Waals surface area contributed by atoms with Crippen LogP contribution in [0, 0.1) is 11.6 Å². The van der Waals surface area contributed by atoms with Gasteiger partial charge >= 0.3 is 11.8 Å². The maximum absolute atomic E-state index is 14.8. The van der Waals surface area contributed by atoms with E-state index >= 15 is 0 Å². The second-order valence-corrected chi connectivity index (χ2v) is 9.96. The number of likely N-dealkylation sites (tertiary alicyclic amines) is 1. The van der Waals surface area contributed by atoms with Crippen LogP contribution in [-0.4, -0.2) is 54.5 Å². The number of aromatic amines is 1. The highest BCUT2D eigenvalue weighted by Crippen LogP contribution is 2.39. The number of hydrogen-bond acceptors (Lipinski definition) is 7. The number of oxime groups is 1. The zero-order chi connectivity index (χ0) is 27.8. The number of amides is 1. The van der Waals surface area contributed by atoms with E-state index in [0.29, 0.717) is 42.8 Å². The van der Waals surface area contributed by atoms with Gasteiger partial charge in [-0.2, -0.15) is 0 Å². The smallest absolute Gasteiger partial charge is 0.410 e. The van der Waals surface area contributed by atoms with Crippen LogP contribution < -0.4 is 5.69 Å². The lowest BCUT2D eigenvalue weighted by atomic mass is 9.88. The summed E-state index contributed by atoms with van der Waals surface area (Å²) < 4.78 is 36.4. The van der Waals surface area contributed by atoms with E-state index in [1.54, 1.807) is 33.9 Å². The summed E-state index contributed by atoms with van der Waals surface area (Å²) in [5, 5.41) is 13.4. The number of carbonyl (C=O) groups excluding carboxylic acids is 1. The van der Waals surface area contributed by atoms with Crippen molar-refractivity contribution in [2.75, 3.05) is 13.1 Å². The molecule has 1 aromatic carbocycles. The predicted octanol–water partition coefficient (Wildman–Crippen LogP) is 4.67. The number of nitrogens with zero attached hydrogens (tertiary/aromatic N) is 5. The third-order valence-corrected chi connectivity index (χ3v) is 7.75. The molecule has 12 heteroatoms. The minimum Gasteiger partial charge on any atom is -0.440 e. The lowest BCUT2D eigenvalue weighted by Gasteiger charge is -2.32. The Hall–Kier alpha value is -4.61. The number of nitrogens with one attached hydrogen (secondary N) is 1. The standard InChI is InChI=1S/C28H26F2N6O4/c29-20-6-1-4-17(23(20)30)18-8-9-22(25-19(24(18)34-39)5-2-12-31-25)40-28(38)35-14-10-16(11-15-35)36-21-7-3-13-32-26(21)33-27(36)37/h1-7,12-13,16,18,22,39H,8-11,14-15H2,(H,32,33,37)/t18-,22+/m0/s1. The van der Waals surface area contributed by atoms with Crippen LogP contribution in [0.4, 0.5) is 13.6 Å². The molecule has 2 N–H and O–H groups in total. The summed E-state index contributed by atoms with van der Waals surface area (Å²) in [6.07, 6.45) is 3.42. The molecule has 1 aliphatic carbocycles. The highest BCUT2D eigenvalue weighted by Gasteiger charge is 2.36. The summed E-state index contributed by atoms with van der Waals surface area (Å²) in [5.74, 6) is -2.78. The topological polar surface area (TPSA) is 126 Å². The fraction of sp³-hybridized carbons (Fsp3) is 0.321. The molecule has 10 nitrogen and oxygen atoms in total. The van der Waals surface area contributed by atoms with E-state index in [9.17, 15) is 23.6 Å². The van der Waals surface area contributed by atoms with Gasteiger partial charge in [0.1, 0.15) is 6.10 Å². The molecule has 3 aromatic heterocycles. The molecule has 4 aromatic rings. The summed E-state index contributed by atoms with van der Waals surface area (Å²) in [6, 6.07) is 10.7. The van der Waals surface area contributed by atoms with Gasteiger partial charge in [0.2, 0.25) is 0 Å². The van der Waals surface area contributed by atoms with E-state index in [-0.39, 0.29) is 35.8 Å². The van der Waals surface area contributed by atoms with Crippen molar-refractivity contribution >= 4 is 23.0 Å². The summed E-state index contributed by atoms with van der Waals surface area (Å²) in [4.78, 5) is 38.8. The first kappa shape index (κ1) is 25.7. The van der Waals surface area contributed by atoms with Crippen LogP contribution >= 0.6 is 0 Å². The SMILES string of the molecule is O=C(O[C@@H]1CC[C@@H](c2cccc(F)c2F)C(=NO)c2cccnc21)N1CCC(n2c(=O)[nH]c3ncccc32)CC1.